The van der Waals surface area contributed by atoms with Crippen molar-refractivity contribution in [2.45, 2.75) is 32.8 Å². The van der Waals surface area contributed by atoms with E-state index >= 15 is 0 Å². The van der Waals surface area contributed by atoms with Gasteiger partial charge >= 0.3 is 0 Å². The van der Waals surface area contributed by atoms with E-state index in [4.69, 9.17) is 4.74 Å². The zero-order valence-corrected chi connectivity index (χ0v) is 11.8. The van der Waals surface area contributed by atoms with Crippen LogP contribution in [0.15, 0.2) is 42.5 Å². The number of aryl methyl sites for hydroxylation is 2. The molecule has 0 aliphatic heterocycles. The second-order valence-electron chi connectivity index (χ2n) is 5.49. The first-order chi connectivity index (χ1) is 9.63. The van der Waals surface area contributed by atoms with Gasteiger partial charge in [-0.1, -0.05) is 35.9 Å². The van der Waals surface area contributed by atoms with Gasteiger partial charge in [0.05, 0.1) is 6.10 Å². The van der Waals surface area contributed by atoms with Crippen LogP contribution in [0.4, 0.5) is 0 Å². The van der Waals surface area contributed by atoms with Crippen molar-refractivity contribution in [3.8, 4) is 5.75 Å². The summed E-state index contributed by atoms with van der Waals surface area (Å²) < 4.78 is 5.75. The fourth-order valence-electron chi connectivity index (χ4n) is 2.31. The maximum Gasteiger partial charge on any atom is 0.193 e. The van der Waals surface area contributed by atoms with Crippen LogP contribution in [0.2, 0.25) is 0 Å². The summed E-state index contributed by atoms with van der Waals surface area (Å²) in [6.45, 7) is 4.01. The molecule has 1 fully saturated rings. The van der Waals surface area contributed by atoms with Crippen LogP contribution in [0.25, 0.3) is 0 Å². The standard InChI is InChI=1S/C18H18O2/c1-12-6-9-17(13(2)10-12)18(19)14-4-3-5-16(11-14)20-15-7-8-15/h3-6,9-11,15H,7-8H2,1-2H3. The van der Waals surface area contributed by atoms with Crippen molar-refractivity contribution in [1.82, 2.24) is 0 Å². The van der Waals surface area contributed by atoms with Crippen molar-refractivity contribution in [1.29, 1.82) is 0 Å². The van der Waals surface area contributed by atoms with Crippen LogP contribution in [-0.4, -0.2) is 11.9 Å². The summed E-state index contributed by atoms with van der Waals surface area (Å²) in [5.41, 5.74) is 3.64. The Hall–Kier alpha value is -2.09. The van der Waals surface area contributed by atoms with Crippen LogP contribution in [0.5, 0.6) is 5.75 Å². The predicted octanol–water partition coefficient (Wildman–Crippen LogP) is 4.08. The minimum Gasteiger partial charge on any atom is -0.490 e. The molecule has 1 aliphatic carbocycles. The molecule has 0 N–H and O–H groups in total. The summed E-state index contributed by atoms with van der Waals surface area (Å²) in [6, 6.07) is 13.4. The quantitative estimate of drug-likeness (QED) is 0.780. The van der Waals surface area contributed by atoms with E-state index in [9.17, 15) is 4.79 Å². The van der Waals surface area contributed by atoms with Crippen LogP contribution in [0.3, 0.4) is 0 Å². The molecule has 0 heterocycles. The highest BCUT2D eigenvalue weighted by Gasteiger charge is 2.23. The van der Waals surface area contributed by atoms with Crippen molar-refractivity contribution in [2.75, 3.05) is 0 Å². The third-order valence-corrected chi connectivity index (χ3v) is 3.55. The van der Waals surface area contributed by atoms with Crippen molar-refractivity contribution >= 4 is 5.78 Å². The van der Waals surface area contributed by atoms with Gasteiger partial charge in [-0.15, -0.1) is 0 Å². The molecular weight excluding hydrogens is 248 g/mol. The van der Waals surface area contributed by atoms with E-state index in [1.54, 1.807) is 0 Å². The second-order valence-corrected chi connectivity index (χ2v) is 5.49. The lowest BCUT2D eigenvalue weighted by molar-refractivity contribution is 0.103. The molecule has 0 bridgehead atoms. The Kier molecular flexibility index (Phi) is 3.31. The van der Waals surface area contributed by atoms with Gasteiger partial charge in [0.1, 0.15) is 5.75 Å². The van der Waals surface area contributed by atoms with E-state index in [0.717, 1.165) is 29.7 Å². The number of hydrogen-bond donors (Lipinski definition) is 0. The second kappa shape index (κ2) is 5.12. The summed E-state index contributed by atoms with van der Waals surface area (Å²) in [5.74, 6) is 0.854. The first-order valence-electron chi connectivity index (χ1n) is 7.02. The van der Waals surface area contributed by atoms with Crippen LogP contribution in [0, 0.1) is 13.8 Å². The lowest BCUT2D eigenvalue weighted by Crippen LogP contribution is -2.05. The van der Waals surface area contributed by atoms with Crippen molar-refractivity contribution in [2.24, 2.45) is 0 Å². The Bertz CT molecular complexity index is 654. The Morgan fingerprint density at radius 1 is 1.10 bits per heavy atom. The molecule has 2 nitrogen and oxygen atoms in total. The molecule has 20 heavy (non-hydrogen) atoms. The summed E-state index contributed by atoms with van der Waals surface area (Å²) in [7, 11) is 0. The predicted molar refractivity (Wildman–Crippen MR) is 79.4 cm³/mol. The van der Waals surface area contributed by atoms with Crippen molar-refractivity contribution in [3.63, 3.8) is 0 Å². The molecule has 102 valence electrons. The van der Waals surface area contributed by atoms with E-state index in [0.29, 0.717) is 11.7 Å². The maximum absolute atomic E-state index is 12.6. The summed E-state index contributed by atoms with van der Waals surface area (Å²) >= 11 is 0. The molecule has 0 unspecified atom stereocenters. The summed E-state index contributed by atoms with van der Waals surface area (Å²) in [5, 5.41) is 0. The van der Waals surface area contributed by atoms with Crippen LogP contribution >= 0.6 is 0 Å². The highest BCUT2D eigenvalue weighted by molar-refractivity contribution is 6.10. The summed E-state index contributed by atoms with van der Waals surface area (Å²) in [4.78, 5) is 12.6. The monoisotopic (exact) mass is 266 g/mol. The number of benzene rings is 2. The maximum atomic E-state index is 12.6. The summed E-state index contributed by atoms with van der Waals surface area (Å²) in [6.07, 6.45) is 2.59. The average molecular weight is 266 g/mol. The Labute approximate surface area is 119 Å². The number of carbonyl (C=O) groups excluding carboxylic acids is 1. The number of ketones is 1. The van der Waals surface area contributed by atoms with E-state index < -0.39 is 0 Å². The molecule has 2 heteroatoms. The molecule has 0 aromatic heterocycles. The smallest absolute Gasteiger partial charge is 0.193 e. The number of hydrogen-bond acceptors (Lipinski definition) is 2. The van der Waals surface area contributed by atoms with Gasteiger partial charge < -0.3 is 4.74 Å². The SMILES string of the molecule is Cc1ccc(C(=O)c2cccc(OC3CC3)c2)c(C)c1. The molecule has 2 aromatic carbocycles. The number of carbonyl (C=O) groups is 1. The number of ether oxygens (including phenoxy) is 1. The number of rotatable bonds is 4. The van der Waals surface area contributed by atoms with Gasteiger partial charge in [0.2, 0.25) is 0 Å². The normalized spacial score (nSPS) is 14.1. The molecule has 0 radical (unpaired) electrons. The third kappa shape index (κ3) is 2.74. The zero-order valence-electron chi connectivity index (χ0n) is 11.8. The molecule has 0 spiro atoms. The largest absolute Gasteiger partial charge is 0.490 e. The molecule has 2 aromatic rings. The van der Waals surface area contributed by atoms with Gasteiger partial charge in [-0.25, -0.2) is 0 Å². The highest BCUT2D eigenvalue weighted by atomic mass is 16.5. The van der Waals surface area contributed by atoms with Gasteiger partial charge in [-0.3, -0.25) is 4.79 Å². The average Bonchev–Trinajstić information content (AvgIpc) is 3.22. The first kappa shape index (κ1) is 12.9. The molecular formula is C18H18O2. The molecule has 0 amide bonds. The lowest BCUT2D eigenvalue weighted by Gasteiger charge is -2.08. The molecule has 0 saturated heterocycles. The van der Waals surface area contributed by atoms with Crippen molar-refractivity contribution in [3.05, 3.63) is 64.7 Å². The van der Waals surface area contributed by atoms with E-state index in [1.165, 1.54) is 5.56 Å². The third-order valence-electron chi connectivity index (χ3n) is 3.55. The van der Waals surface area contributed by atoms with Crippen molar-refractivity contribution < 1.29 is 9.53 Å². The van der Waals surface area contributed by atoms with E-state index in [1.807, 2.05) is 56.3 Å². The van der Waals surface area contributed by atoms with Gasteiger partial charge in [-0.05, 0) is 44.4 Å². The Balaban J connectivity index is 1.89. The van der Waals surface area contributed by atoms with Crippen LogP contribution in [0.1, 0.15) is 39.9 Å². The fraction of sp³-hybridized carbons (Fsp3) is 0.278. The molecule has 1 aliphatic rings. The van der Waals surface area contributed by atoms with Gasteiger partial charge in [-0.2, -0.15) is 0 Å². The molecule has 1 saturated carbocycles. The Morgan fingerprint density at radius 2 is 1.90 bits per heavy atom. The van der Waals surface area contributed by atoms with E-state index in [-0.39, 0.29) is 5.78 Å². The van der Waals surface area contributed by atoms with Crippen LogP contribution in [-0.2, 0) is 0 Å². The highest BCUT2D eigenvalue weighted by Crippen LogP contribution is 2.27. The minimum absolute atomic E-state index is 0.0590. The molecule has 0 atom stereocenters. The van der Waals surface area contributed by atoms with Crippen LogP contribution < -0.4 is 4.74 Å². The zero-order chi connectivity index (χ0) is 14.1. The first-order valence-corrected chi connectivity index (χ1v) is 7.02. The fourth-order valence-corrected chi connectivity index (χ4v) is 2.31. The molecule has 3 rings (SSSR count). The Morgan fingerprint density at radius 3 is 2.60 bits per heavy atom. The minimum atomic E-state index is 0.0590. The van der Waals surface area contributed by atoms with Gasteiger partial charge in [0.25, 0.3) is 0 Å². The van der Waals surface area contributed by atoms with Gasteiger partial charge in [0.15, 0.2) is 5.78 Å². The lowest BCUT2D eigenvalue weighted by atomic mass is 9.97. The van der Waals surface area contributed by atoms with Gasteiger partial charge in [0, 0.05) is 11.1 Å². The van der Waals surface area contributed by atoms with E-state index in [2.05, 4.69) is 0 Å². The topological polar surface area (TPSA) is 26.3 Å².